The third kappa shape index (κ3) is 4.69. The molecule has 1 fully saturated rings. The van der Waals surface area contributed by atoms with E-state index in [0.717, 1.165) is 75.1 Å². The molecule has 3 aromatic rings. The first-order valence-electron chi connectivity index (χ1n) is 11.2. The third-order valence-electron chi connectivity index (χ3n) is 6.09. The van der Waals surface area contributed by atoms with Gasteiger partial charge in [0.05, 0.1) is 5.69 Å². The molecule has 0 saturated carbocycles. The molecule has 0 radical (unpaired) electrons. The van der Waals surface area contributed by atoms with E-state index in [2.05, 4.69) is 16.4 Å². The fourth-order valence-electron chi connectivity index (χ4n) is 4.44. The van der Waals surface area contributed by atoms with Gasteiger partial charge in [-0.1, -0.05) is 43.5 Å². The molecule has 7 heteroatoms. The summed E-state index contributed by atoms with van der Waals surface area (Å²) in [5.41, 5.74) is 1.60. The summed E-state index contributed by atoms with van der Waals surface area (Å²) < 4.78 is 3.83. The number of carbonyl (C=O) groups is 1. The number of rotatable bonds is 8. The monoisotopic (exact) mass is 440 g/mol. The topological polar surface area (TPSA) is 59.6 Å². The number of carbonyl (C=O) groups excluding carboxylic acids is 1. The molecule has 1 aliphatic heterocycles. The molecule has 3 heterocycles. The van der Waals surface area contributed by atoms with Crippen molar-refractivity contribution in [3.8, 4) is 11.3 Å². The van der Waals surface area contributed by atoms with Crippen molar-refractivity contribution in [2.45, 2.75) is 52.0 Å². The number of nitrogens with zero attached hydrogens (tertiary/aromatic N) is 4. The van der Waals surface area contributed by atoms with E-state index >= 15 is 0 Å². The van der Waals surface area contributed by atoms with E-state index in [1.807, 2.05) is 30.5 Å². The Labute approximate surface area is 187 Å². The number of aldehydes is 1. The van der Waals surface area contributed by atoms with Crippen LogP contribution in [-0.4, -0.2) is 33.3 Å². The Morgan fingerprint density at radius 3 is 2.77 bits per heavy atom. The number of aromatic nitrogens is 3. The van der Waals surface area contributed by atoms with Gasteiger partial charge in [-0.25, -0.2) is 4.98 Å². The van der Waals surface area contributed by atoms with Crippen LogP contribution in [0.15, 0.2) is 41.3 Å². The maximum atomic E-state index is 13.0. The van der Waals surface area contributed by atoms with Crippen molar-refractivity contribution in [1.82, 2.24) is 14.0 Å². The van der Waals surface area contributed by atoms with Crippen LogP contribution < -0.4 is 10.5 Å². The van der Waals surface area contributed by atoms with Crippen LogP contribution in [0.25, 0.3) is 17.0 Å². The van der Waals surface area contributed by atoms with Crippen LogP contribution in [0, 0.1) is 5.92 Å². The molecule has 0 bridgehead atoms. The molecule has 1 atom stereocenters. The molecule has 0 aliphatic carbocycles. The van der Waals surface area contributed by atoms with Crippen molar-refractivity contribution in [3.05, 3.63) is 51.9 Å². The molecule has 2 aromatic heterocycles. The molecule has 1 aromatic carbocycles. The lowest BCUT2D eigenvalue weighted by atomic mass is 9.95. The fourth-order valence-corrected chi connectivity index (χ4v) is 4.57. The number of unbranched alkanes of at least 4 members (excludes halogenated alkanes) is 2. The minimum absolute atomic E-state index is 0.0815. The molecule has 164 valence electrons. The van der Waals surface area contributed by atoms with E-state index < -0.39 is 0 Å². The highest BCUT2D eigenvalue weighted by atomic mass is 35.5. The number of aryl methyl sites for hydroxylation is 1. The lowest BCUT2D eigenvalue weighted by molar-refractivity contribution is -0.108. The number of halogens is 1. The fraction of sp³-hybridized carbons (Fsp3) is 0.458. The summed E-state index contributed by atoms with van der Waals surface area (Å²) in [5, 5.41) is 0.670. The summed E-state index contributed by atoms with van der Waals surface area (Å²) >= 11 is 6.03. The van der Waals surface area contributed by atoms with Crippen molar-refractivity contribution in [3.63, 3.8) is 0 Å². The molecule has 0 amide bonds. The van der Waals surface area contributed by atoms with Crippen LogP contribution in [0.5, 0.6) is 0 Å². The molecule has 4 rings (SSSR count). The second-order valence-electron chi connectivity index (χ2n) is 8.36. The first kappa shape index (κ1) is 21.6. The van der Waals surface area contributed by atoms with Crippen LogP contribution in [0.2, 0.25) is 5.02 Å². The van der Waals surface area contributed by atoms with Gasteiger partial charge in [0, 0.05) is 48.9 Å². The van der Waals surface area contributed by atoms with Gasteiger partial charge in [-0.3, -0.25) is 13.8 Å². The van der Waals surface area contributed by atoms with Crippen LogP contribution in [-0.2, 0) is 11.3 Å². The van der Waals surface area contributed by atoms with Gasteiger partial charge in [0.25, 0.3) is 5.56 Å². The minimum Gasteiger partial charge on any atom is -0.357 e. The normalized spacial score (nSPS) is 16.7. The van der Waals surface area contributed by atoms with E-state index in [-0.39, 0.29) is 5.56 Å². The van der Waals surface area contributed by atoms with Crippen molar-refractivity contribution in [2.75, 3.05) is 18.0 Å². The molecule has 1 saturated heterocycles. The third-order valence-corrected chi connectivity index (χ3v) is 6.35. The van der Waals surface area contributed by atoms with Crippen molar-refractivity contribution >= 4 is 29.5 Å². The van der Waals surface area contributed by atoms with Crippen LogP contribution in [0.1, 0.15) is 45.4 Å². The Morgan fingerprint density at radius 1 is 1.23 bits per heavy atom. The zero-order valence-corrected chi connectivity index (χ0v) is 18.7. The molecule has 31 heavy (non-hydrogen) atoms. The van der Waals surface area contributed by atoms with Gasteiger partial charge in [0.1, 0.15) is 12.1 Å². The predicted molar refractivity (Wildman–Crippen MR) is 125 cm³/mol. The molecular formula is C24H29ClN4O2. The maximum Gasteiger partial charge on any atom is 0.261 e. The SMILES string of the molecule is CCCCCn1c(N2CCCC(CC=O)C2)cc(=O)n2cc(-c3ccc(Cl)cc3)nc12. The molecule has 6 nitrogen and oxygen atoms in total. The highest BCUT2D eigenvalue weighted by Gasteiger charge is 2.24. The van der Waals surface area contributed by atoms with Gasteiger partial charge in [-0.15, -0.1) is 0 Å². The number of anilines is 1. The smallest absolute Gasteiger partial charge is 0.261 e. The van der Waals surface area contributed by atoms with E-state index in [1.165, 1.54) is 0 Å². The summed E-state index contributed by atoms with van der Waals surface area (Å²) in [6, 6.07) is 9.24. The van der Waals surface area contributed by atoms with Gasteiger partial charge < -0.3 is 9.69 Å². The Kier molecular flexibility index (Phi) is 6.76. The van der Waals surface area contributed by atoms with Crippen molar-refractivity contribution in [2.24, 2.45) is 5.92 Å². The van der Waals surface area contributed by atoms with E-state index in [1.54, 1.807) is 10.5 Å². The Bertz CT molecular complexity index is 1100. The highest BCUT2D eigenvalue weighted by Crippen LogP contribution is 2.27. The van der Waals surface area contributed by atoms with Crippen LogP contribution >= 0.6 is 11.6 Å². The number of hydrogen-bond acceptors (Lipinski definition) is 4. The molecule has 1 unspecified atom stereocenters. The Balaban J connectivity index is 1.79. The Hall–Kier alpha value is -2.60. The van der Waals surface area contributed by atoms with Gasteiger partial charge in [0.15, 0.2) is 0 Å². The number of piperidine rings is 1. The predicted octanol–water partition coefficient (Wildman–Crippen LogP) is 4.81. The lowest BCUT2D eigenvalue weighted by Crippen LogP contribution is -2.38. The summed E-state index contributed by atoms with van der Waals surface area (Å²) in [6.07, 6.45) is 8.75. The maximum absolute atomic E-state index is 13.0. The Morgan fingerprint density at radius 2 is 2.03 bits per heavy atom. The van der Waals surface area contributed by atoms with Crippen molar-refractivity contribution < 1.29 is 4.79 Å². The average Bonchev–Trinajstić information content (AvgIpc) is 3.22. The van der Waals surface area contributed by atoms with Gasteiger partial charge in [-0.2, -0.15) is 0 Å². The van der Waals surface area contributed by atoms with E-state index in [0.29, 0.717) is 23.1 Å². The first-order valence-corrected chi connectivity index (χ1v) is 11.6. The molecular weight excluding hydrogens is 412 g/mol. The number of benzene rings is 1. The number of imidazole rings is 1. The van der Waals surface area contributed by atoms with E-state index in [4.69, 9.17) is 16.6 Å². The standard InChI is InChI=1S/C24H29ClN4O2/c1-2-3-4-13-28-22(27-12-5-6-18(16-27)11-14-30)15-23(31)29-17-21(26-24(28)29)19-7-9-20(25)10-8-19/h7-10,14-15,17-18H,2-6,11-13,16H2,1H3. The first-order chi connectivity index (χ1) is 15.1. The summed E-state index contributed by atoms with van der Waals surface area (Å²) in [5.74, 6) is 1.92. The molecule has 0 spiro atoms. The minimum atomic E-state index is -0.0815. The molecule has 0 N–H and O–H groups in total. The van der Waals surface area contributed by atoms with Gasteiger partial charge >= 0.3 is 0 Å². The van der Waals surface area contributed by atoms with Gasteiger partial charge in [-0.05, 0) is 37.3 Å². The lowest BCUT2D eigenvalue weighted by Gasteiger charge is -2.35. The zero-order valence-electron chi connectivity index (χ0n) is 18.0. The second kappa shape index (κ2) is 9.69. The molecule has 1 aliphatic rings. The quantitative estimate of drug-likeness (QED) is 0.372. The average molecular weight is 441 g/mol. The largest absolute Gasteiger partial charge is 0.357 e. The van der Waals surface area contributed by atoms with Gasteiger partial charge in [0.2, 0.25) is 5.78 Å². The summed E-state index contributed by atoms with van der Waals surface area (Å²) in [4.78, 5) is 31.2. The zero-order chi connectivity index (χ0) is 21.8. The van der Waals surface area contributed by atoms with Crippen LogP contribution in [0.3, 0.4) is 0 Å². The van der Waals surface area contributed by atoms with E-state index in [9.17, 15) is 9.59 Å². The number of fused-ring (bicyclic) bond motifs is 1. The van der Waals surface area contributed by atoms with Crippen molar-refractivity contribution in [1.29, 1.82) is 0 Å². The number of hydrogen-bond donors (Lipinski definition) is 0. The highest BCUT2D eigenvalue weighted by molar-refractivity contribution is 6.30. The van der Waals surface area contributed by atoms with Crippen LogP contribution in [0.4, 0.5) is 5.82 Å². The second-order valence-corrected chi connectivity index (χ2v) is 8.80. The summed E-state index contributed by atoms with van der Waals surface area (Å²) in [7, 11) is 0. The summed E-state index contributed by atoms with van der Waals surface area (Å²) in [6.45, 7) is 4.68.